The Labute approximate surface area is 87.4 Å². The van der Waals surface area contributed by atoms with Gasteiger partial charge in [0, 0.05) is 0 Å². The van der Waals surface area contributed by atoms with Crippen molar-refractivity contribution in [2.75, 3.05) is 0 Å². The van der Waals surface area contributed by atoms with Crippen molar-refractivity contribution in [3.05, 3.63) is 41.5 Å². The standard InChI is InChI=1S/C10H7F3.Ni/c1-2-3-8-4-6-9(7-5-8)10(11,12)13;/h1-7H;/b3-2-;. The first-order valence-electron chi connectivity index (χ1n) is 3.78. The number of halogens is 3. The number of benzene rings is 1. The SMILES string of the molecule is FC(F)(F)c1ccc(/C=C\[CH]=[Ni])cc1. The van der Waals surface area contributed by atoms with Crippen molar-refractivity contribution < 1.29 is 28.2 Å². The molecule has 0 aliphatic rings. The van der Waals surface area contributed by atoms with Crippen LogP contribution in [0.2, 0.25) is 0 Å². The van der Waals surface area contributed by atoms with Gasteiger partial charge in [-0.2, -0.15) is 0 Å². The summed E-state index contributed by atoms with van der Waals surface area (Å²) in [5.74, 6) is 0. The van der Waals surface area contributed by atoms with E-state index in [2.05, 4.69) is 15.0 Å². The summed E-state index contributed by atoms with van der Waals surface area (Å²) in [4.78, 5) is 1.44. The molecule has 0 spiro atoms. The van der Waals surface area contributed by atoms with Crippen molar-refractivity contribution in [3.8, 4) is 0 Å². The van der Waals surface area contributed by atoms with Crippen LogP contribution in [0, 0.1) is 0 Å². The molecule has 0 aromatic heterocycles. The summed E-state index contributed by atoms with van der Waals surface area (Å²) >= 11 is 4.27. The Hall–Kier alpha value is -0.886. The maximum absolute atomic E-state index is 12.1. The van der Waals surface area contributed by atoms with E-state index in [9.17, 15) is 13.2 Å². The first-order chi connectivity index (χ1) is 6.54. The average Bonchev–Trinajstić information content (AvgIpc) is 2.14. The van der Waals surface area contributed by atoms with Crippen molar-refractivity contribution in [1.82, 2.24) is 0 Å². The van der Waals surface area contributed by atoms with Crippen molar-refractivity contribution in [2.45, 2.75) is 6.18 Å². The first-order valence-corrected chi connectivity index (χ1v) is 4.35. The molecule has 0 aliphatic heterocycles. The van der Waals surface area contributed by atoms with Crippen molar-refractivity contribution in [3.63, 3.8) is 0 Å². The van der Waals surface area contributed by atoms with Gasteiger partial charge in [0.1, 0.15) is 0 Å². The van der Waals surface area contributed by atoms with Crippen molar-refractivity contribution in [1.29, 1.82) is 0 Å². The van der Waals surface area contributed by atoms with Gasteiger partial charge < -0.3 is 0 Å². The molecule has 0 saturated carbocycles. The van der Waals surface area contributed by atoms with E-state index in [4.69, 9.17) is 0 Å². The Kier molecular flexibility index (Phi) is 3.64. The van der Waals surface area contributed by atoms with Crippen LogP contribution in [0.4, 0.5) is 13.2 Å². The Balaban J connectivity index is 2.89. The van der Waals surface area contributed by atoms with E-state index in [1.54, 1.807) is 12.2 Å². The summed E-state index contributed by atoms with van der Waals surface area (Å²) in [7, 11) is 0. The topological polar surface area (TPSA) is 0 Å². The van der Waals surface area contributed by atoms with Gasteiger partial charge in [0.2, 0.25) is 0 Å². The molecule has 78 valence electrons. The van der Waals surface area contributed by atoms with Crippen molar-refractivity contribution >= 4 is 11.1 Å². The van der Waals surface area contributed by atoms with E-state index < -0.39 is 11.7 Å². The Morgan fingerprint density at radius 2 is 1.64 bits per heavy atom. The third kappa shape index (κ3) is 3.11. The fraction of sp³-hybridized carbons (Fsp3) is 0.100. The quantitative estimate of drug-likeness (QED) is 0.700. The monoisotopic (exact) mass is 242 g/mol. The molecule has 0 aliphatic carbocycles. The second-order valence-corrected chi connectivity index (χ2v) is 2.91. The first kappa shape index (κ1) is 11.2. The summed E-state index contributed by atoms with van der Waals surface area (Å²) < 4.78 is 36.4. The van der Waals surface area contributed by atoms with Gasteiger partial charge in [0.15, 0.2) is 0 Å². The molecular formula is C10H7F3Ni. The molecule has 0 atom stereocenters. The van der Waals surface area contributed by atoms with Crippen LogP contribution in [-0.2, 0) is 21.2 Å². The molecule has 0 amide bonds. The van der Waals surface area contributed by atoms with E-state index in [1.165, 1.54) is 17.1 Å². The number of allylic oxidation sites excluding steroid dienone is 1. The molecule has 0 radical (unpaired) electrons. The van der Waals surface area contributed by atoms with Crippen molar-refractivity contribution in [2.24, 2.45) is 0 Å². The molecule has 0 saturated heterocycles. The second kappa shape index (κ2) is 4.56. The van der Waals surface area contributed by atoms with Crippen LogP contribution >= 0.6 is 0 Å². The fourth-order valence-electron chi connectivity index (χ4n) is 0.925. The summed E-state index contributed by atoms with van der Waals surface area (Å²) in [5.41, 5.74) is 0.0612. The molecule has 4 heteroatoms. The zero-order chi connectivity index (χ0) is 10.6. The van der Waals surface area contributed by atoms with Crippen LogP contribution in [0.3, 0.4) is 0 Å². The van der Waals surface area contributed by atoms with Crippen LogP contribution in [0.5, 0.6) is 0 Å². The van der Waals surface area contributed by atoms with Gasteiger partial charge in [0.05, 0.1) is 0 Å². The van der Waals surface area contributed by atoms with Crippen LogP contribution in [0.15, 0.2) is 30.3 Å². The van der Waals surface area contributed by atoms with Gasteiger partial charge in [-0.3, -0.25) is 0 Å². The zero-order valence-electron chi connectivity index (χ0n) is 6.99. The molecule has 0 fully saturated rings. The number of hydrogen-bond acceptors (Lipinski definition) is 0. The van der Waals surface area contributed by atoms with E-state index in [-0.39, 0.29) is 0 Å². The molecule has 1 aromatic rings. The molecule has 0 N–H and O–H groups in total. The summed E-state index contributed by atoms with van der Waals surface area (Å²) in [6, 6.07) is 4.91. The summed E-state index contributed by atoms with van der Waals surface area (Å²) in [6.45, 7) is 0. The molecule has 14 heavy (non-hydrogen) atoms. The molecule has 0 bridgehead atoms. The predicted molar refractivity (Wildman–Crippen MR) is 46.5 cm³/mol. The fourth-order valence-corrected chi connectivity index (χ4v) is 1.02. The maximum atomic E-state index is 12.1. The normalized spacial score (nSPS) is 12.1. The van der Waals surface area contributed by atoms with Gasteiger partial charge in [-0.25, -0.2) is 0 Å². The third-order valence-electron chi connectivity index (χ3n) is 1.59. The van der Waals surface area contributed by atoms with E-state index in [1.807, 2.05) is 0 Å². The van der Waals surface area contributed by atoms with Gasteiger partial charge >= 0.3 is 86.9 Å². The van der Waals surface area contributed by atoms with Crippen LogP contribution < -0.4 is 0 Å². The van der Waals surface area contributed by atoms with Gasteiger partial charge in [-0.05, 0) is 0 Å². The van der Waals surface area contributed by atoms with E-state index in [0.29, 0.717) is 5.56 Å². The van der Waals surface area contributed by atoms with E-state index >= 15 is 0 Å². The predicted octanol–water partition coefficient (Wildman–Crippen LogP) is 3.07. The Morgan fingerprint density at radius 1 is 1.07 bits per heavy atom. The zero-order valence-corrected chi connectivity index (χ0v) is 7.98. The number of alkyl halides is 3. The average molecular weight is 243 g/mol. The number of hydrogen-bond donors (Lipinski definition) is 0. The molecule has 0 heterocycles. The van der Waals surface area contributed by atoms with Gasteiger partial charge in [-0.15, -0.1) is 0 Å². The van der Waals surface area contributed by atoms with Gasteiger partial charge in [-0.1, -0.05) is 0 Å². The third-order valence-corrected chi connectivity index (χ3v) is 1.78. The van der Waals surface area contributed by atoms with Crippen LogP contribution in [-0.4, -0.2) is 4.99 Å². The van der Waals surface area contributed by atoms with Gasteiger partial charge in [0.25, 0.3) is 0 Å². The molecular weight excluding hydrogens is 236 g/mol. The Bertz CT molecular complexity index is 335. The second-order valence-electron chi connectivity index (χ2n) is 2.58. The molecule has 1 aromatic carbocycles. The minimum atomic E-state index is -4.27. The molecule has 0 unspecified atom stereocenters. The minimum absolute atomic E-state index is 0.639. The summed E-state index contributed by atoms with van der Waals surface area (Å²) in [5, 5.41) is 0. The van der Waals surface area contributed by atoms with Crippen LogP contribution in [0.1, 0.15) is 11.1 Å². The number of rotatable bonds is 2. The Morgan fingerprint density at radius 3 is 2.07 bits per heavy atom. The molecule has 1 rings (SSSR count). The summed E-state index contributed by atoms with van der Waals surface area (Å²) in [6.07, 6.45) is -0.999. The molecule has 0 nitrogen and oxygen atoms in total. The van der Waals surface area contributed by atoms with E-state index in [0.717, 1.165) is 12.1 Å². The van der Waals surface area contributed by atoms with Crippen LogP contribution in [0.25, 0.3) is 6.08 Å².